The van der Waals surface area contributed by atoms with Gasteiger partial charge in [-0.05, 0) is 59.3 Å². The molecule has 0 aliphatic rings. The highest BCUT2D eigenvalue weighted by Crippen LogP contribution is 2.22. The fourth-order valence-corrected chi connectivity index (χ4v) is 2.71. The van der Waals surface area contributed by atoms with Crippen LogP contribution in [0.1, 0.15) is 26.3 Å². The van der Waals surface area contributed by atoms with Crippen molar-refractivity contribution in [1.82, 2.24) is 10.9 Å². The summed E-state index contributed by atoms with van der Waals surface area (Å²) in [5.41, 5.74) is 6.47. The van der Waals surface area contributed by atoms with Crippen LogP contribution in [0.5, 0.6) is 5.75 Å². The molecule has 2 N–H and O–H groups in total. The zero-order valence-corrected chi connectivity index (χ0v) is 15.4. The standard InChI is InChI=1S/C16H14ClIN2O3/c1-9-4-3-5-11(14(9)18)15(21)19-20-16(22)12-8-10(17)6-7-13(12)23-2/h3-8H,1-2H3,(H,19,21)(H,20,22). The number of halogens is 2. The van der Waals surface area contributed by atoms with Gasteiger partial charge in [0.05, 0.1) is 18.2 Å². The third-order valence-electron chi connectivity index (χ3n) is 3.13. The van der Waals surface area contributed by atoms with E-state index in [-0.39, 0.29) is 5.56 Å². The lowest BCUT2D eigenvalue weighted by Crippen LogP contribution is -2.42. The first-order valence-corrected chi connectivity index (χ1v) is 8.09. The number of rotatable bonds is 3. The average Bonchev–Trinajstić information content (AvgIpc) is 2.54. The molecule has 5 nitrogen and oxygen atoms in total. The van der Waals surface area contributed by atoms with Crippen LogP contribution < -0.4 is 15.6 Å². The third-order valence-corrected chi connectivity index (χ3v) is 4.80. The summed E-state index contributed by atoms with van der Waals surface area (Å²) >= 11 is 7.98. The minimum Gasteiger partial charge on any atom is -0.496 e. The summed E-state index contributed by atoms with van der Waals surface area (Å²) in [5.74, 6) is -0.543. The van der Waals surface area contributed by atoms with Crippen LogP contribution >= 0.6 is 34.2 Å². The molecule has 23 heavy (non-hydrogen) atoms. The zero-order chi connectivity index (χ0) is 17.0. The van der Waals surface area contributed by atoms with E-state index in [2.05, 4.69) is 33.4 Å². The highest BCUT2D eigenvalue weighted by Gasteiger charge is 2.15. The Kier molecular flexibility index (Phi) is 5.84. The van der Waals surface area contributed by atoms with Crippen LogP contribution in [0.3, 0.4) is 0 Å². The quantitative estimate of drug-likeness (QED) is 0.564. The molecule has 0 saturated heterocycles. The van der Waals surface area contributed by atoms with Crippen LogP contribution in [-0.2, 0) is 0 Å². The predicted octanol–water partition coefficient (Wildman–Crippen LogP) is 3.34. The number of benzene rings is 2. The van der Waals surface area contributed by atoms with Gasteiger partial charge in [-0.25, -0.2) is 0 Å². The Morgan fingerprint density at radius 1 is 1.09 bits per heavy atom. The molecule has 0 aromatic heterocycles. The van der Waals surface area contributed by atoms with Crippen LogP contribution in [0.25, 0.3) is 0 Å². The van der Waals surface area contributed by atoms with Crippen LogP contribution in [0.2, 0.25) is 5.02 Å². The Labute approximate surface area is 152 Å². The van der Waals surface area contributed by atoms with Gasteiger partial charge in [-0.3, -0.25) is 20.4 Å². The molecule has 0 saturated carbocycles. The van der Waals surface area contributed by atoms with E-state index in [1.165, 1.54) is 13.2 Å². The van der Waals surface area contributed by atoms with Crippen molar-refractivity contribution in [3.63, 3.8) is 0 Å². The maximum atomic E-state index is 12.2. The fraction of sp³-hybridized carbons (Fsp3) is 0.125. The van der Waals surface area contributed by atoms with E-state index in [0.29, 0.717) is 16.3 Å². The van der Waals surface area contributed by atoms with Crippen molar-refractivity contribution in [2.45, 2.75) is 6.92 Å². The number of hydrogen-bond acceptors (Lipinski definition) is 3. The molecule has 0 fully saturated rings. The number of hydrazine groups is 1. The molecule has 0 unspecified atom stereocenters. The second-order valence-electron chi connectivity index (χ2n) is 4.69. The maximum absolute atomic E-state index is 12.2. The molecule has 2 amide bonds. The van der Waals surface area contributed by atoms with Crippen molar-refractivity contribution in [3.8, 4) is 5.75 Å². The van der Waals surface area contributed by atoms with Gasteiger partial charge in [-0.2, -0.15) is 0 Å². The largest absolute Gasteiger partial charge is 0.496 e. The Morgan fingerprint density at radius 3 is 2.39 bits per heavy atom. The summed E-state index contributed by atoms with van der Waals surface area (Å²) in [6, 6.07) is 10.1. The smallest absolute Gasteiger partial charge is 0.273 e. The van der Waals surface area contributed by atoms with E-state index in [9.17, 15) is 9.59 Å². The van der Waals surface area contributed by atoms with E-state index in [4.69, 9.17) is 16.3 Å². The van der Waals surface area contributed by atoms with Gasteiger partial charge in [0.25, 0.3) is 11.8 Å². The number of ether oxygens (including phenoxy) is 1. The lowest BCUT2D eigenvalue weighted by molar-refractivity contribution is 0.0844. The summed E-state index contributed by atoms with van der Waals surface area (Å²) < 4.78 is 5.95. The molecule has 120 valence electrons. The molecule has 0 aliphatic heterocycles. The van der Waals surface area contributed by atoms with Gasteiger partial charge >= 0.3 is 0 Å². The highest BCUT2D eigenvalue weighted by molar-refractivity contribution is 14.1. The van der Waals surface area contributed by atoms with Gasteiger partial charge in [-0.1, -0.05) is 23.7 Å². The Bertz CT molecular complexity index is 765. The van der Waals surface area contributed by atoms with E-state index < -0.39 is 11.8 Å². The second kappa shape index (κ2) is 7.65. The van der Waals surface area contributed by atoms with Crippen LogP contribution in [-0.4, -0.2) is 18.9 Å². The molecule has 0 radical (unpaired) electrons. The SMILES string of the molecule is COc1ccc(Cl)cc1C(=O)NNC(=O)c1cccc(C)c1I. The van der Waals surface area contributed by atoms with Gasteiger partial charge < -0.3 is 4.74 Å². The first-order chi connectivity index (χ1) is 10.9. The Hall–Kier alpha value is -1.80. The lowest BCUT2D eigenvalue weighted by atomic mass is 10.1. The van der Waals surface area contributed by atoms with Gasteiger partial charge in [0.15, 0.2) is 0 Å². The normalized spacial score (nSPS) is 10.1. The monoisotopic (exact) mass is 444 g/mol. The molecule has 2 aromatic carbocycles. The number of carbonyl (C=O) groups is 2. The van der Waals surface area contributed by atoms with Crippen molar-refractivity contribution in [2.75, 3.05) is 7.11 Å². The summed E-state index contributed by atoms with van der Waals surface area (Å²) in [6.07, 6.45) is 0. The molecule has 0 atom stereocenters. The van der Waals surface area contributed by atoms with Crippen LogP contribution in [0.4, 0.5) is 0 Å². The number of amides is 2. The maximum Gasteiger partial charge on any atom is 0.273 e. The zero-order valence-electron chi connectivity index (χ0n) is 12.4. The van der Waals surface area contributed by atoms with E-state index in [0.717, 1.165) is 9.13 Å². The number of hydrogen-bond donors (Lipinski definition) is 2. The molecule has 0 aliphatic carbocycles. The first kappa shape index (κ1) is 17.6. The fourth-order valence-electron chi connectivity index (χ4n) is 1.93. The molecule has 7 heteroatoms. The molecule has 0 heterocycles. The van der Waals surface area contributed by atoms with Crippen molar-refractivity contribution in [2.24, 2.45) is 0 Å². The van der Waals surface area contributed by atoms with Gasteiger partial charge in [0.1, 0.15) is 5.75 Å². The van der Waals surface area contributed by atoms with Crippen LogP contribution in [0.15, 0.2) is 36.4 Å². The van der Waals surface area contributed by atoms with Gasteiger partial charge in [0.2, 0.25) is 0 Å². The Morgan fingerprint density at radius 2 is 1.74 bits per heavy atom. The van der Waals surface area contributed by atoms with Crippen molar-refractivity contribution < 1.29 is 14.3 Å². The molecule has 0 spiro atoms. The lowest BCUT2D eigenvalue weighted by Gasteiger charge is -2.12. The van der Waals surface area contributed by atoms with E-state index in [1.807, 2.05) is 13.0 Å². The molecular weight excluding hydrogens is 431 g/mol. The molecule has 0 bridgehead atoms. The minimum absolute atomic E-state index is 0.235. The first-order valence-electron chi connectivity index (χ1n) is 6.63. The Balaban J connectivity index is 2.12. The third kappa shape index (κ3) is 4.14. The van der Waals surface area contributed by atoms with Gasteiger partial charge in [-0.15, -0.1) is 0 Å². The minimum atomic E-state index is -0.514. The van der Waals surface area contributed by atoms with E-state index >= 15 is 0 Å². The van der Waals surface area contributed by atoms with Crippen molar-refractivity contribution in [1.29, 1.82) is 0 Å². The number of methoxy groups -OCH3 is 1. The molecular formula is C16H14ClIN2O3. The van der Waals surface area contributed by atoms with Crippen molar-refractivity contribution >= 4 is 46.0 Å². The topological polar surface area (TPSA) is 67.4 Å². The number of aryl methyl sites for hydroxylation is 1. The molecule has 2 rings (SSSR count). The summed E-state index contributed by atoms with van der Waals surface area (Å²) in [6.45, 7) is 1.91. The number of carbonyl (C=O) groups excluding carboxylic acids is 2. The second-order valence-corrected chi connectivity index (χ2v) is 6.20. The summed E-state index contributed by atoms with van der Waals surface area (Å²) in [4.78, 5) is 24.4. The predicted molar refractivity (Wildman–Crippen MR) is 96.8 cm³/mol. The number of nitrogens with one attached hydrogen (secondary N) is 2. The van der Waals surface area contributed by atoms with Gasteiger partial charge in [0, 0.05) is 8.59 Å². The summed E-state index contributed by atoms with van der Waals surface area (Å²) in [5, 5.41) is 0.399. The molecule has 2 aromatic rings. The van der Waals surface area contributed by atoms with Crippen molar-refractivity contribution in [3.05, 3.63) is 61.7 Å². The average molecular weight is 445 g/mol. The van der Waals surface area contributed by atoms with E-state index in [1.54, 1.807) is 24.3 Å². The van der Waals surface area contributed by atoms with Crippen LogP contribution in [0, 0.1) is 10.5 Å². The summed E-state index contributed by atoms with van der Waals surface area (Å²) in [7, 11) is 1.45. The highest BCUT2D eigenvalue weighted by atomic mass is 127.